The van der Waals surface area contributed by atoms with Gasteiger partial charge >= 0.3 is 0 Å². The molecule has 0 fully saturated rings. The normalized spacial score (nSPS) is 11.1. The van der Waals surface area contributed by atoms with E-state index in [0.29, 0.717) is 10.7 Å². The molecule has 3 heterocycles. The van der Waals surface area contributed by atoms with Gasteiger partial charge in [-0.1, -0.05) is 23.7 Å². The van der Waals surface area contributed by atoms with Gasteiger partial charge in [-0.3, -0.25) is 4.79 Å². The molecule has 5 aromatic rings. The second-order valence-electron chi connectivity index (χ2n) is 6.72. The van der Waals surface area contributed by atoms with Crippen molar-refractivity contribution in [3.05, 3.63) is 96.0 Å². The lowest BCUT2D eigenvalue weighted by molar-refractivity contribution is -0.498. The summed E-state index contributed by atoms with van der Waals surface area (Å²) in [6.45, 7) is 0. The van der Waals surface area contributed by atoms with Crippen molar-refractivity contribution >= 4 is 39.5 Å². The number of pyridine rings is 2. The van der Waals surface area contributed by atoms with E-state index in [2.05, 4.69) is 15.3 Å². The first-order valence-corrected chi connectivity index (χ1v) is 9.57. The van der Waals surface area contributed by atoms with Crippen LogP contribution in [0.25, 0.3) is 27.7 Å². The summed E-state index contributed by atoms with van der Waals surface area (Å²) in [6, 6.07) is 21.1. The number of nitrogens with zero attached hydrogens (tertiary/aromatic N) is 1. The predicted molar refractivity (Wildman–Crippen MR) is 113 cm³/mol. The molecule has 0 radical (unpaired) electrons. The fourth-order valence-corrected chi connectivity index (χ4v) is 3.66. The lowest BCUT2D eigenvalue weighted by Gasteiger charge is -2.05. The van der Waals surface area contributed by atoms with Gasteiger partial charge in [0.15, 0.2) is 17.9 Å². The highest BCUT2D eigenvalue weighted by Crippen LogP contribution is 2.24. The zero-order chi connectivity index (χ0) is 19.8. The topological polar surface area (TPSA) is 63.1 Å². The van der Waals surface area contributed by atoms with Crippen LogP contribution < -0.4 is 14.7 Å². The van der Waals surface area contributed by atoms with Gasteiger partial charge in [-0.2, -0.15) is 4.40 Å². The Balaban J connectivity index is 1.59. The van der Waals surface area contributed by atoms with Gasteiger partial charge in [0.25, 0.3) is 11.7 Å². The number of anilines is 1. The quantitative estimate of drug-likeness (QED) is 0.436. The molecule has 2 aromatic carbocycles. The molecule has 140 valence electrons. The Morgan fingerprint density at radius 1 is 1.00 bits per heavy atom. The minimum atomic E-state index is -0.200. The van der Waals surface area contributed by atoms with Crippen LogP contribution in [0.4, 0.5) is 5.69 Å². The fraction of sp³-hybridized carbons (Fsp3) is 0. The Hall–Kier alpha value is -3.70. The highest BCUT2D eigenvalue weighted by atomic mass is 35.5. The second-order valence-corrected chi connectivity index (χ2v) is 7.15. The van der Waals surface area contributed by atoms with Crippen molar-refractivity contribution < 1.29 is 14.2 Å². The minimum absolute atomic E-state index is 0.200. The number of imidazole rings is 1. The zero-order valence-electron chi connectivity index (χ0n) is 15.3. The maximum absolute atomic E-state index is 13.2. The molecule has 0 aliphatic carbocycles. The number of carbonyl (C=O) groups excluding carboxylic acids is 1. The largest absolute Gasteiger partial charge is 0.318 e. The number of aromatic amines is 2. The van der Waals surface area contributed by atoms with Gasteiger partial charge in [0, 0.05) is 27.5 Å². The summed E-state index contributed by atoms with van der Waals surface area (Å²) in [6.07, 6.45) is 5.68. The van der Waals surface area contributed by atoms with Crippen molar-refractivity contribution in [2.45, 2.75) is 0 Å². The fourth-order valence-electron chi connectivity index (χ4n) is 3.53. The number of amides is 1. The molecule has 0 unspecified atom stereocenters. The first-order valence-electron chi connectivity index (χ1n) is 9.19. The van der Waals surface area contributed by atoms with Gasteiger partial charge in [0.2, 0.25) is 5.69 Å². The maximum atomic E-state index is 13.2. The molecule has 6 heteroatoms. The molecular weight excluding hydrogens is 384 g/mol. The van der Waals surface area contributed by atoms with Gasteiger partial charge in [-0.25, -0.2) is 9.97 Å². The van der Waals surface area contributed by atoms with Crippen LogP contribution in [-0.2, 0) is 0 Å². The molecule has 1 amide bonds. The molecule has 0 saturated carbocycles. The number of halogens is 1. The lowest BCUT2D eigenvalue weighted by atomic mass is 10.1. The van der Waals surface area contributed by atoms with Crippen LogP contribution in [-0.4, -0.2) is 10.9 Å². The molecule has 0 aliphatic heterocycles. The molecule has 0 spiro atoms. The molecule has 0 bridgehead atoms. The molecule has 5 nitrogen and oxygen atoms in total. The average molecular weight is 401 g/mol. The van der Waals surface area contributed by atoms with Crippen LogP contribution in [0.2, 0.25) is 5.02 Å². The summed E-state index contributed by atoms with van der Waals surface area (Å²) < 4.78 is 1.97. The van der Waals surface area contributed by atoms with Crippen molar-refractivity contribution in [3.8, 4) is 11.4 Å². The Morgan fingerprint density at radius 2 is 1.86 bits per heavy atom. The summed E-state index contributed by atoms with van der Waals surface area (Å²) in [7, 11) is 0. The lowest BCUT2D eigenvalue weighted by Crippen LogP contribution is -2.22. The third-order valence-electron chi connectivity index (χ3n) is 4.92. The van der Waals surface area contributed by atoms with E-state index in [0.717, 1.165) is 33.4 Å². The van der Waals surface area contributed by atoms with E-state index in [1.54, 1.807) is 0 Å². The number of rotatable bonds is 3. The predicted octanol–water partition coefficient (Wildman–Crippen LogP) is 4.29. The summed E-state index contributed by atoms with van der Waals surface area (Å²) in [5.74, 6) is 0.615. The summed E-state index contributed by atoms with van der Waals surface area (Å²) >= 11 is 6.03. The highest BCUT2D eigenvalue weighted by molar-refractivity contribution is 6.30. The number of aromatic nitrogens is 3. The van der Waals surface area contributed by atoms with E-state index in [1.807, 2.05) is 89.7 Å². The number of hydrogen-bond acceptors (Lipinski definition) is 1. The molecule has 0 aliphatic rings. The van der Waals surface area contributed by atoms with Crippen LogP contribution in [0.3, 0.4) is 0 Å². The van der Waals surface area contributed by atoms with Gasteiger partial charge in [0.1, 0.15) is 0 Å². The monoisotopic (exact) mass is 400 g/mol. The SMILES string of the molecule is O=C(Nc1cccc2c[nH+]ccc12)c1[nH]c(-c2ccc(Cl)cc2)[n+]2ccccc12. The van der Waals surface area contributed by atoms with E-state index < -0.39 is 0 Å². The first kappa shape index (κ1) is 17.4. The van der Waals surface area contributed by atoms with E-state index in [1.165, 1.54) is 0 Å². The minimum Gasteiger partial charge on any atom is -0.318 e. The van der Waals surface area contributed by atoms with Crippen LogP contribution in [0.15, 0.2) is 85.3 Å². The average Bonchev–Trinajstić information content (AvgIpc) is 3.14. The van der Waals surface area contributed by atoms with Crippen molar-refractivity contribution in [1.29, 1.82) is 0 Å². The van der Waals surface area contributed by atoms with Crippen molar-refractivity contribution in [3.63, 3.8) is 0 Å². The van der Waals surface area contributed by atoms with Crippen LogP contribution in [0, 0.1) is 0 Å². The molecule has 29 heavy (non-hydrogen) atoms. The maximum Gasteiger partial charge on any atom is 0.300 e. The smallest absolute Gasteiger partial charge is 0.300 e. The molecular formula is C23H17ClN4O+2. The summed E-state index contributed by atoms with van der Waals surface area (Å²) in [5.41, 5.74) is 2.99. The van der Waals surface area contributed by atoms with Crippen LogP contribution in [0.1, 0.15) is 10.5 Å². The molecule has 3 aromatic heterocycles. The summed E-state index contributed by atoms with van der Waals surface area (Å²) in [5, 5.41) is 5.72. The number of benzene rings is 2. The van der Waals surface area contributed by atoms with Crippen LogP contribution in [0.5, 0.6) is 0 Å². The van der Waals surface area contributed by atoms with E-state index >= 15 is 0 Å². The van der Waals surface area contributed by atoms with Gasteiger partial charge in [0.05, 0.1) is 11.8 Å². The number of carbonyl (C=O) groups is 1. The number of H-pyrrole nitrogens is 2. The standard InChI is InChI=1S/C23H15ClN4O/c24-17-9-7-15(8-10-17)22-27-21(20-6-1-2-13-28(20)22)23(29)26-19-5-3-4-16-14-25-12-11-18(16)19/h1-14H,(H,26,29)/p+2. The van der Waals surface area contributed by atoms with Crippen LogP contribution >= 0.6 is 11.6 Å². The third-order valence-corrected chi connectivity index (χ3v) is 5.17. The molecule has 0 saturated heterocycles. The Kier molecular flexibility index (Phi) is 4.22. The second kappa shape index (κ2) is 7.04. The number of hydrogen-bond donors (Lipinski definition) is 2. The Labute approximate surface area is 171 Å². The van der Waals surface area contributed by atoms with Gasteiger partial charge in [-0.15, -0.1) is 0 Å². The molecule has 0 atom stereocenters. The van der Waals surface area contributed by atoms with E-state index in [9.17, 15) is 4.79 Å². The number of fused-ring (bicyclic) bond motifs is 2. The van der Waals surface area contributed by atoms with Crippen molar-refractivity contribution in [2.75, 3.05) is 5.32 Å². The van der Waals surface area contributed by atoms with E-state index in [4.69, 9.17) is 11.6 Å². The van der Waals surface area contributed by atoms with Gasteiger partial charge in [-0.05, 0) is 48.5 Å². The number of nitrogens with one attached hydrogen (secondary N) is 3. The van der Waals surface area contributed by atoms with Crippen molar-refractivity contribution in [2.24, 2.45) is 0 Å². The highest BCUT2D eigenvalue weighted by Gasteiger charge is 2.25. The zero-order valence-corrected chi connectivity index (χ0v) is 16.1. The first-order chi connectivity index (χ1) is 14.2. The summed E-state index contributed by atoms with van der Waals surface area (Å²) in [4.78, 5) is 19.5. The van der Waals surface area contributed by atoms with Gasteiger partial charge < -0.3 is 5.32 Å². The Morgan fingerprint density at radius 3 is 2.72 bits per heavy atom. The van der Waals surface area contributed by atoms with Crippen molar-refractivity contribution in [1.82, 2.24) is 4.98 Å². The molecule has 5 rings (SSSR count). The third kappa shape index (κ3) is 3.11. The molecule has 3 N–H and O–H groups in total. The van der Waals surface area contributed by atoms with E-state index in [-0.39, 0.29) is 5.91 Å². The Bertz CT molecular complexity index is 1350.